The minimum Gasteiger partial charge on any atom is -1.00 e. The van der Waals surface area contributed by atoms with Gasteiger partial charge in [-0.05, 0) is 56.0 Å². The van der Waals surface area contributed by atoms with E-state index in [-0.39, 0.29) is 17.0 Å². The van der Waals surface area contributed by atoms with E-state index in [9.17, 15) is 8.42 Å². The Morgan fingerprint density at radius 3 is 1.88 bits per heavy atom. The Bertz CT molecular complexity index is 1120. The summed E-state index contributed by atoms with van der Waals surface area (Å²) < 4.78 is 28.3. The van der Waals surface area contributed by atoms with Crippen LogP contribution in [-0.4, -0.2) is 30.9 Å². The Labute approximate surface area is 218 Å². The lowest BCUT2D eigenvalue weighted by Crippen LogP contribution is -3.00. The minimum absolute atomic E-state index is 0. The number of unbranched alkanes of at least 4 members (excludes halogenated alkanes) is 3. The molecule has 0 aliphatic rings. The number of nitrogens with zero attached hydrogens (tertiary/aromatic N) is 1. The quantitative estimate of drug-likeness (QED) is 0.270. The second-order valence-corrected chi connectivity index (χ2v) is 15.7. The van der Waals surface area contributed by atoms with E-state index in [1.54, 1.807) is 18.3 Å². The molecule has 0 N–H and O–H groups in total. The fourth-order valence-electron chi connectivity index (χ4n) is 4.79. The summed E-state index contributed by atoms with van der Waals surface area (Å²) in [6.07, 6.45) is 14.6. The summed E-state index contributed by atoms with van der Waals surface area (Å²) in [5, 5.41) is 1.10. The van der Waals surface area contributed by atoms with Gasteiger partial charge in [0.25, 0.3) is 10.0 Å². The molecule has 0 spiro atoms. The SMILES string of the molecule is CCCC[P+](CCCC)(CCCC)Cc1cccc2c1ccn2S(=O)(=O)c1ccc(C)cc1.[Br-]. The van der Waals surface area contributed by atoms with Crippen molar-refractivity contribution in [1.29, 1.82) is 0 Å². The van der Waals surface area contributed by atoms with Gasteiger partial charge in [-0.3, -0.25) is 0 Å². The third kappa shape index (κ3) is 6.74. The fraction of sp³-hybridized carbons (Fsp3) is 0.500. The first-order chi connectivity index (χ1) is 15.9. The molecule has 3 nitrogen and oxygen atoms in total. The van der Waals surface area contributed by atoms with Crippen LogP contribution in [0.25, 0.3) is 10.9 Å². The van der Waals surface area contributed by atoms with Gasteiger partial charge in [-0.1, -0.05) is 69.9 Å². The van der Waals surface area contributed by atoms with Gasteiger partial charge in [-0.2, -0.15) is 0 Å². The number of hydrogen-bond donors (Lipinski definition) is 0. The maximum atomic E-state index is 13.4. The van der Waals surface area contributed by atoms with Crippen LogP contribution < -0.4 is 17.0 Å². The Morgan fingerprint density at radius 2 is 1.35 bits per heavy atom. The summed E-state index contributed by atoms with van der Waals surface area (Å²) >= 11 is 0. The highest BCUT2D eigenvalue weighted by Crippen LogP contribution is 2.63. The molecule has 3 rings (SSSR count). The van der Waals surface area contributed by atoms with Crippen molar-refractivity contribution in [3.05, 3.63) is 65.9 Å². The number of aromatic nitrogens is 1. The average Bonchev–Trinajstić information content (AvgIpc) is 3.26. The monoisotopic (exact) mass is 565 g/mol. The van der Waals surface area contributed by atoms with Gasteiger partial charge in [-0.15, -0.1) is 0 Å². The molecular formula is C28H41BrNO2PS. The van der Waals surface area contributed by atoms with Gasteiger partial charge < -0.3 is 17.0 Å². The molecule has 1 heterocycles. The van der Waals surface area contributed by atoms with Crippen molar-refractivity contribution in [1.82, 2.24) is 3.97 Å². The molecule has 188 valence electrons. The van der Waals surface area contributed by atoms with E-state index >= 15 is 0 Å². The standard InChI is InChI=1S/C28H41NO2PS.BrH/c1-5-8-20-32(21-9-6-2,22-10-7-3)23-25-12-11-13-28-27(25)18-19-29(28)33(30,31)26-16-14-24(4)15-17-26;/h11-19H,5-10,20-23H2,1-4H3;1H/q+1;/p-1. The normalized spacial score (nSPS) is 12.1. The third-order valence-corrected chi connectivity index (χ3v) is 13.3. The van der Waals surface area contributed by atoms with Gasteiger partial charge in [0.1, 0.15) is 0 Å². The molecule has 0 aliphatic carbocycles. The molecule has 0 bridgehead atoms. The number of fused-ring (bicyclic) bond motifs is 1. The van der Waals surface area contributed by atoms with E-state index in [1.165, 1.54) is 66.5 Å². The molecule has 0 atom stereocenters. The highest BCUT2D eigenvalue weighted by atomic mass is 79.9. The van der Waals surface area contributed by atoms with Gasteiger partial charge in [0, 0.05) is 18.8 Å². The molecule has 34 heavy (non-hydrogen) atoms. The molecule has 6 heteroatoms. The molecule has 0 unspecified atom stereocenters. The van der Waals surface area contributed by atoms with Crippen LogP contribution in [0.15, 0.2) is 59.6 Å². The predicted molar refractivity (Wildman–Crippen MR) is 146 cm³/mol. The number of halogens is 1. The van der Waals surface area contributed by atoms with Crippen LogP contribution in [0.3, 0.4) is 0 Å². The van der Waals surface area contributed by atoms with Crippen LogP contribution >= 0.6 is 7.26 Å². The van der Waals surface area contributed by atoms with Crippen molar-refractivity contribution < 1.29 is 25.4 Å². The third-order valence-electron chi connectivity index (χ3n) is 6.83. The van der Waals surface area contributed by atoms with E-state index in [2.05, 4.69) is 26.8 Å². The minimum atomic E-state index is -3.62. The molecule has 0 amide bonds. The highest BCUT2D eigenvalue weighted by molar-refractivity contribution is 7.90. The molecule has 0 fully saturated rings. The zero-order chi connectivity index (χ0) is 23.9. The summed E-state index contributed by atoms with van der Waals surface area (Å²) in [5.41, 5.74) is 3.19. The van der Waals surface area contributed by atoms with Crippen molar-refractivity contribution in [3.63, 3.8) is 0 Å². The van der Waals surface area contributed by atoms with E-state index in [4.69, 9.17) is 0 Å². The van der Waals surface area contributed by atoms with Crippen molar-refractivity contribution in [2.75, 3.05) is 18.5 Å². The second-order valence-electron chi connectivity index (χ2n) is 9.51. The smallest absolute Gasteiger partial charge is 0.268 e. The van der Waals surface area contributed by atoms with Crippen LogP contribution in [0.4, 0.5) is 0 Å². The van der Waals surface area contributed by atoms with Crippen LogP contribution in [0.1, 0.15) is 70.4 Å². The Morgan fingerprint density at radius 1 is 0.794 bits per heavy atom. The predicted octanol–water partition coefficient (Wildman–Crippen LogP) is 5.11. The lowest BCUT2D eigenvalue weighted by molar-refractivity contribution is -0.00000957. The maximum Gasteiger partial charge on any atom is 0.268 e. The van der Waals surface area contributed by atoms with Gasteiger partial charge in [-0.25, -0.2) is 12.4 Å². The molecular weight excluding hydrogens is 525 g/mol. The molecule has 0 aliphatic heterocycles. The number of benzene rings is 2. The van der Waals surface area contributed by atoms with Gasteiger partial charge in [0.05, 0.1) is 35.1 Å². The van der Waals surface area contributed by atoms with Gasteiger partial charge in [0.2, 0.25) is 0 Å². The first-order valence-corrected chi connectivity index (χ1v) is 16.6. The van der Waals surface area contributed by atoms with E-state index < -0.39 is 17.3 Å². The van der Waals surface area contributed by atoms with Crippen molar-refractivity contribution in [2.45, 2.75) is 77.3 Å². The summed E-state index contributed by atoms with van der Waals surface area (Å²) in [6, 6.07) is 15.4. The zero-order valence-corrected chi connectivity index (χ0v) is 24.6. The van der Waals surface area contributed by atoms with Crippen LogP contribution in [0.5, 0.6) is 0 Å². The molecule has 1 aromatic heterocycles. The Hall–Kier alpha value is -1.16. The summed E-state index contributed by atoms with van der Waals surface area (Å²) in [5.74, 6) is 0. The Balaban J connectivity index is 0.00000408. The zero-order valence-electron chi connectivity index (χ0n) is 21.3. The van der Waals surface area contributed by atoms with Crippen LogP contribution in [0, 0.1) is 6.92 Å². The van der Waals surface area contributed by atoms with Gasteiger partial charge >= 0.3 is 0 Å². The van der Waals surface area contributed by atoms with Crippen LogP contribution in [0.2, 0.25) is 0 Å². The number of rotatable bonds is 13. The van der Waals surface area contributed by atoms with E-state index in [1.807, 2.05) is 37.3 Å². The molecule has 2 aromatic carbocycles. The summed E-state index contributed by atoms with van der Waals surface area (Å²) in [7, 11) is -4.74. The van der Waals surface area contributed by atoms with E-state index in [0.717, 1.165) is 22.6 Å². The Kier molecular flexibility index (Phi) is 11.3. The van der Waals surface area contributed by atoms with Crippen molar-refractivity contribution in [2.24, 2.45) is 0 Å². The molecule has 0 saturated carbocycles. The molecule has 3 aromatic rings. The van der Waals surface area contributed by atoms with Gasteiger partial charge in [0.15, 0.2) is 0 Å². The van der Waals surface area contributed by atoms with Crippen molar-refractivity contribution >= 4 is 28.2 Å². The largest absolute Gasteiger partial charge is 1.00 e. The highest BCUT2D eigenvalue weighted by Gasteiger charge is 2.36. The number of hydrogen-bond acceptors (Lipinski definition) is 2. The topological polar surface area (TPSA) is 39.1 Å². The number of aryl methyl sites for hydroxylation is 1. The maximum absolute atomic E-state index is 13.4. The molecule has 0 radical (unpaired) electrons. The first-order valence-electron chi connectivity index (χ1n) is 12.6. The lowest BCUT2D eigenvalue weighted by Gasteiger charge is -2.28. The second kappa shape index (κ2) is 13.2. The van der Waals surface area contributed by atoms with Crippen LogP contribution in [-0.2, 0) is 16.2 Å². The average molecular weight is 567 g/mol. The lowest BCUT2D eigenvalue weighted by atomic mass is 10.1. The van der Waals surface area contributed by atoms with Crippen molar-refractivity contribution in [3.8, 4) is 0 Å². The summed E-state index contributed by atoms with van der Waals surface area (Å²) in [6.45, 7) is 8.86. The fourth-order valence-corrected chi connectivity index (χ4v) is 11.2. The summed E-state index contributed by atoms with van der Waals surface area (Å²) in [4.78, 5) is 0.340. The first kappa shape index (κ1) is 29.1. The molecule has 0 saturated heterocycles. The van der Waals surface area contributed by atoms with E-state index in [0.29, 0.717) is 4.90 Å².